The van der Waals surface area contributed by atoms with Crippen LogP contribution < -0.4 is 5.32 Å². The quantitative estimate of drug-likeness (QED) is 0.817. The molecule has 2 aliphatic heterocycles. The number of hydrogen-bond donors (Lipinski definition) is 1. The Morgan fingerprint density at radius 2 is 1.94 bits per heavy atom. The molecular weight excluding hydrogens is 262 g/mol. The van der Waals surface area contributed by atoms with E-state index in [2.05, 4.69) is 5.32 Å². The zero-order valence-corrected chi connectivity index (χ0v) is 12.1. The Hall–Kier alpha value is 0.120. The van der Waals surface area contributed by atoms with Crippen LogP contribution in [-0.2, 0) is 10.2 Å². The molecule has 0 radical (unpaired) electrons. The Morgan fingerprint density at radius 3 is 2.59 bits per heavy atom. The van der Waals surface area contributed by atoms with Crippen LogP contribution in [0.3, 0.4) is 0 Å². The van der Waals surface area contributed by atoms with Crippen LogP contribution in [0.25, 0.3) is 0 Å². The second kappa shape index (κ2) is 5.84. The van der Waals surface area contributed by atoms with Gasteiger partial charge < -0.3 is 5.32 Å². The van der Waals surface area contributed by atoms with Gasteiger partial charge in [0.15, 0.2) is 0 Å². The standard InChI is InChI=1S/C10H21N3O2S.ClH/c1-3-12(2)16(14,15)13-9-4-5-10(13)8-11-7-6-9;/h9-11H,3-8H2,1-2H3;1H. The van der Waals surface area contributed by atoms with Gasteiger partial charge in [-0.25, -0.2) is 0 Å². The van der Waals surface area contributed by atoms with Gasteiger partial charge in [0.1, 0.15) is 0 Å². The largest absolute Gasteiger partial charge is 0.315 e. The Bertz CT molecular complexity index is 335. The summed E-state index contributed by atoms with van der Waals surface area (Å²) in [5, 5.41) is 3.31. The Morgan fingerprint density at radius 1 is 1.29 bits per heavy atom. The summed E-state index contributed by atoms with van der Waals surface area (Å²) in [4.78, 5) is 0. The first-order chi connectivity index (χ1) is 7.57. The van der Waals surface area contributed by atoms with Crippen molar-refractivity contribution in [2.45, 2.75) is 38.3 Å². The minimum absolute atomic E-state index is 0. The summed E-state index contributed by atoms with van der Waals surface area (Å²) < 4.78 is 27.9. The van der Waals surface area contributed by atoms with E-state index >= 15 is 0 Å². The minimum Gasteiger partial charge on any atom is -0.315 e. The summed E-state index contributed by atoms with van der Waals surface area (Å²) in [6.45, 7) is 4.14. The van der Waals surface area contributed by atoms with Crippen molar-refractivity contribution in [2.75, 3.05) is 26.7 Å². The first-order valence-corrected chi connectivity index (χ1v) is 7.42. The Kier molecular flexibility index (Phi) is 5.21. The molecule has 17 heavy (non-hydrogen) atoms. The highest BCUT2D eigenvalue weighted by atomic mass is 35.5. The maximum absolute atomic E-state index is 12.4. The number of nitrogens with one attached hydrogen (secondary N) is 1. The van der Waals surface area contributed by atoms with Crippen LogP contribution in [0.1, 0.15) is 26.2 Å². The highest BCUT2D eigenvalue weighted by molar-refractivity contribution is 7.86. The molecule has 0 saturated carbocycles. The number of nitrogens with zero attached hydrogens (tertiary/aromatic N) is 2. The summed E-state index contributed by atoms with van der Waals surface area (Å²) in [5.74, 6) is 0. The van der Waals surface area contributed by atoms with Crippen molar-refractivity contribution >= 4 is 22.6 Å². The lowest BCUT2D eigenvalue weighted by atomic mass is 10.1. The van der Waals surface area contributed by atoms with Gasteiger partial charge in [0, 0.05) is 32.2 Å². The van der Waals surface area contributed by atoms with Gasteiger partial charge in [-0.15, -0.1) is 12.4 Å². The SMILES string of the molecule is CCN(C)S(=O)(=O)N1C2CCNCC1CC2.Cl. The van der Waals surface area contributed by atoms with Crippen molar-refractivity contribution in [3.05, 3.63) is 0 Å². The lowest BCUT2D eigenvalue weighted by Crippen LogP contribution is -2.48. The number of rotatable bonds is 3. The number of fused-ring (bicyclic) bond motifs is 2. The van der Waals surface area contributed by atoms with E-state index < -0.39 is 10.2 Å². The summed E-state index contributed by atoms with van der Waals surface area (Å²) in [6, 6.07) is 0.366. The van der Waals surface area contributed by atoms with Gasteiger partial charge >= 0.3 is 0 Å². The van der Waals surface area contributed by atoms with E-state index in [1.54, 1.807) is 11.4 Å². The van der Waals surface area contributed by atoms with Gasteiger partial charge in [-0.3, -0.25) is 0 Å². The van der Waals surface area contributed by atoms with Crippen LogP contribution in [0.2, 0.25) is 0 Å². The third kappa shape index (κ3) is 2.76. The average molecular weight is 284 g/mol. The molecule has 2 aliphatic rings. The van der Waals surface area contributed by atoms with Gasteiger partial charge in [-0.1, -0.05) is 6.92 Å². The van der Waals surface area contributed by atoms with Crippen LogP contribution >= 0.6 is 12.4 Å². The first kappa shape index (κ1) is 15.2. The van der Waals surface area contributed by atoms with Crippen molar-refractivity contribution < 1.29 is 8.42 Å². The molecule has 5 nitrogen and oxygen atoms in total. The summed E-state index contributed by atoms with van der Waals surface area (Å²) in [7, 11) is -1.58. The fourth-order valence-electron chi connectivity index (χ4n) is 2.64. The average Bonchev–Trinajstić information content (AvgIpc) is 2.51. The first-order valence-electron chi connectivity index (χ1n) is 6.03. The van der Waals surface area contributed by atoms with E-state index in [4.69, 9.17) is 0 Å². The molecule has 2 fully saturated rings. The fraction of sp³-hybridized carbons (Fsp3) is 1.00. The normalized spacial score (nSPS) is 30.1. The molecule has 1 N–H and O–H groups in total. The molecule has 0 spiro atoms. The molecule has 2 bridgehead atoms. The minimum atomic E-state index is -3.24. The molecule has 2 rings (SSSR count). The van der Waals surface area contributed by atoms with Gasteiger partial charge in [0.25, 0.3) is 10.2 Å². The van der Waals surface area contributed by atoms with Gasteiger partial charge in [-0.05, 0) is 25.8 Å². The molecule has 2 atom stereocenters. The predicted octanol–water partition coefficient (Wildman–Crippen LogP) is 0.431. The molecule has 0 aromatic rings. The third-order valence-electron chi connectivity index (χ3n) is 3.69. The van der Waals surface area contributed by atoms with Crippen LogP contribution in [0.15, 0.2) is 0 Å². The summed E-state index contributed by atoms with van der Waals surface area (Å²) in [6.07, 6.45) is 2.95. The lowest BCUT2D eigenvalue weighted by Gasteiger charge is -2.30. The second-order valence-electron chi connectivity index (χ2n) is 4.63. The maximum atomic E-state index is 12.4. The molecule has 102 valence electrons. The van der Waals surface area contributed by atoms with Crippen molar-refractivity contribution in [3.8, 4) is 0 Å². The molecule has 0 aliphatic carbocycles. The zero-order valence-electron chi connectivity index (χ0n) is 10.4. The maximum Gasteiger partial charge on any atom is 0.282 e. The summed E-state index contributed by atoms with van der Waals surface area (Å²) >= 11 is 0. The van der Waals surface area contributed by atoms with Crippen molar-refractivity contribution in [1.29, 1.82) is 0 Å². The topological polar surface area (TPSA) is 52.7 Å². The molecule has 2 heterocycles. The predicted molar refractivity (Wildman–Crippen MR) is 70.6 cm³/mol. The lowest BCUT2D eigenvalue weighted by molar-refractivity contribution is 0.305. The molecular formula is C10H22ClN3O2S. The van der Waals surface area contributed by atoms with Crippen LogP contribution in [0, 0.1) is 0 Å². The Balaban J connectivity index is 0.00000144. The van der Waals surface area contributed by atoms with Crippen molar-refractivity contribution in [3.63, 3.8) is 0 Å². The molecule has 0 aromatic carbocycles. The van der Waals surface area contributed by atoms with Crippen LogP contribution in [0.4, 0.5) is 0 Å². The van der Waals surface area contributed by atoms with E-state index in [-0.39, 0.29) is 24.5 Å². The van der Waals surface area contributed by atoms with E-state index in [1.165, 1.54) is 4.31 Å². The van der Waals surface area contributed by atoms with Crippen LogP contribution in [-0.4, -0.2) is 55.8 Å². The van der Waals surface area contributed by atoms with Gasteiger partial charge in [0.2, 0.25) is 0 Å². The van der Waals surface area contributed by atoms with E-state index in [9.17, 15) is 8.42 Å². The van der Waals surface area contributed by atoms with Gasteiger partial charge in [-0.2, -0.15) is 17.0 Å². The van der Waals surface area contributed by atoms with Crippen LogP contribution in [0.5, 0.6) is 0 Å². The second-order valence-corrected chi connectivity index (χ2v) is 6.57. The highest BCUT2D eigenvalue weighted by Crippen LogP contribution is 2.31. The summed E-state index contributed by atoms with van der Waals surface area (Å²) in [5.41, 5.74) is 0. The van der Waals surface area contributed by atoms with Crippen molar-refractivity contribution in [2.24, 2.45) is 0 Å². The highest BCUT2D eigenvalue weighted by Gasteiger charge is 2.43. The smallest absolute Gasteiger partial charge is 0.282 e. The zero-order chi connectivity index (χ0) is 11.8. The monoisotopic (exact) mass is 283 g/mol. The molecule has 0 aromatic heterocycles. The molecule has 2 saturated heterocycles. The third-order valence-corrected chi connectivity index (χ3v) is 5.87. The molecule has 0 amide bonds. The number of hydrogen-bond acceptors (Lipinski definition) is 3. The van der Waals surface area contributed by atoms with E-state index in [0.29, 0.717) is 6.54 Å². The van der Waals surface area contributed by atoms with E-state index in [1.807, 2.05) is 6.92 Å². The van der Waals surface area contributed by atoms with Gasteiger partial charge in [0.05, 0.1) is 0 Å². The Labute approximate surface area is 110 Å². The number of halogens is 1. The molecule has 7 heteroatoms. The van der Waals surface area contributed by atoms with Crippen molar-refractivity contribution in [1.82, 2.24) is 13.9 Å². The van der Waals surface area contributed by atoms with E-state index in [0.717, 1.165) is 32.4 Å². The molecule has 2 unspecified atom stereocenters. The fourth-order valence-corrected chi connectivity index (χ4v) is 4.43.